The molecule has 0 bridgehead atoms. The molecule has 0 aliphatic heterocycles. The Hall–Kier alpha value is -1.87. The fourth-order valence-corrected chi connectivity index (χ4v) is 1.48. The van der Waals surface area contributed by atoms with Crippen LogP contribution in [0.4, 0.5) is 5.69 Å². The van der Waals surface area contributed by atoms with Crippen molar-refractivity contribution in [2.45, 2.75) is 13.8 Å². The van der Waals surface area contributed by atoms with Gasteiger partial charge in [-0.15, -0.1) is 4.36 Å². The summed E-state index contributed by atoms with van der Waals surface area (Å²) < 4.78 is 29.8. The van der Waals surface area contributed by atoms with Crippen molar-refractivity contribution < 1.29 is 13.2 Å². The van der Waals surface area contributed by atoms with Crippen molar-refractivity contribution in [2.24, 2.45) is 10.3 Å². The molecule has 6 heteroatoms. The molecular formula is C11H12N2O3S. The Kier molecular flexibility index (Phi) is 4.67. The molecule has 90 valence electrons. The van der Waals surface area contributed by atoms with Crippen molar-refractivity contribution in [1.82, 2.24) is 0 Å². The lowest BCUT2D eigenvalue weighted by Crippen LogP contribution is -2.05. The zero-order valence-electron chi connectivity index (χ0n) is 9.54. The summed E-state index contributed by atoms with van der Waals surface area (Å²) in [5, 5.41) is 8.99. The number of nitriles is 1. The van der Waals surface area contributed by atoms with Gasteiger partial charge in [0.25, 0.3) is 0 Å². The summed E-state index contributed by atoms with van der Waals surface area (Å²) in [5.74, 6) is 0.670. The van der Waals surface area contributed by atoms with Crippen LogP contribution in [0, 0.1) is 17.2 Å². The van der Waals surface area contributed by atoms with Crippen molar-refractivity contribution in [2.75, 3.05) is 6.61 Å². The molecule has 5 nitrogen and oxygen atoms in total. The van der Waals surface area contributed by atoms with Crippen LogP contribution in [0.5, 0.6) is 5.75 Å². The Morgan fingerprint density at radius 1 is 1.47 bits per heavy atom. The maximum Gasteiger partial charge on any atom is 0.316 e. The van der Waals surface area contributed by atoms with Crippen molar-refractivity contribution >= 4 is 16.2 Å². The summed E-state index contributed by atoms with van der Waals surface area (Å²) in [6.45, 7) is 4.42. The molecule has 1 rings (SSSR count). The third kappa shape index (κ3) is 3.89. The first-order valence-electron chi connectivity index (χ1n) is 5.01. The highest BCUT2D eigenvalue weighted by Crippen LogP contribution is 2.28. The highest BCUT2D eigenvalue weighted by atomic mass is 32.2. The predicted octanol–water partition coefficient (Wildman–Crippen LogP) is 2.29. The molecule has 0 aromatic heterocycles. The van der Waals surface area contributed by atoms with E-state index in [-0.39, 0.29) is 11.3 Å². The monoisotopic (exact) mass is 252 g/mol. The standard InChI is InChI=1S/C11H12N2O3S/c1-8(2)7-16-11-5-3-4-10(9(11)6-12)13-17(14)15/h3-5,8H,7H2,1-2H3. The van der Waals surface area contributed by atoms with Crippen LogP contribution >= 0.6 is 0 Å². The van der Waals surface area contributed by atoms with Gasteiger partial charge in [-0.05, 0) is 18.1 Å². The summed E-state index contributed by atoms with van der Waals surface area (Å²) in [4.78, 5) is 0. The molecule has 0 heterocycles. The van der Waals surface area contributed by atoms with E-state index in [0.29, 0.717) is 18.3 Å². The van der Waals surface area contributed by atoms with Crippen LogP contribution < -0.4 is 4.74 Å². The minimum absolute atomic E-state index is 0.0992. The number of benzene rings is 1. The molecule has 0 amide bonds. The van der Waals surface area contributed by atoms with Crippen molar-refractivity contribution in [3.63, 3.8) is 0 Å². The molecule has 0 saturated heterocycles. The fraction of sp³-hybridized carbons (Fsp3) is 0.364. The summed E-state index contributed by atoms with van der Waals surface area (Å²) >= 11 is 0. The molecule has 1 aromatic rings. The van der Waals surface area contributed by atoms with E-state index in [2.05, 4.69) is 4.36 Å². The Morgan fingerprint density at radius 3 is 2.71 bits per heavy atom. The second-order valence-corrected chi connectivity index (χ2v) is 4.39. The summed E-state index contributed by atoms with van der Waals surface area (Å²) in [7, 11) is -2.58. The molecule has 0 radical (unpaired) electrons. The third-order valence-corrected chi connectivity index (χ3v) is 2.21. The average Bonchev–Trinajstić information content (AvgIpc) is 2.25. The third-order valence-electron chi connectivity index (χ3n) is 1.86. The fourth-order valence-electron chi connectivity index (χ4n) is 1.17. The van der Waals surface area contributed by atoms with Gasteiger partial charge in [-0.2, -0.15) is 13.7 Å². The van der Waals surface area contributed by atoms with Crippen LogP contribution in [0.3, 0.4) is 0 Å². The Labute approximate surface area is 101 Å². The molecule has 0 aliphatic rings. The largest absolute Gasteiger partial charge is 0.492 e. The first-order valence-corrected chi connectivity index (χ1v) is 6.04. The van der Waals surface area contributed by atoms with Gasteiger partial charge in [0, 0.05) is 0 Å². The van der Waals surface area contributed by atoms with Gasteiger partial charge in [0.1, 0.15) is 23.1 Å². The highest BCUT2D eigenvalue weighted by Gasteiger charge is 2.09. The van der Waals surface area contributed by atoms with Gasteiger partial charge in [-0.1, -0.05) is 19.9 Å². The number of hydrogen-bond acceptors (Lipinski definition) is 5. The summed E-state index contributed by atoms with van der Waals surface area (Å²) in [5.41, 5.74) is 0.236. The van der Waals surface area contributed by atoms with E-state index in [9.17, 15) is 8.42 Å². The number of hydrogen-bond donors (Lipinski definition) is 0. The lowest BCUT2D eigenvalue weighted by molar-refractivity contribution is 0.270. The van der Waals surface area contributed by atoms with Crippen LogP contribution in [0.15, 0.2) is 22.6 Å². The smallest absolute Gasteiger partial charge is 0.316 e. The first-order chi connectivity index (χ1) is 8.04. The number of ether oxygens (including phenoxy) is 1. The van der Waals surface area contributed by atoms with Gasteiger partial charge in [0.2, 0.25) is 0 Å². The van der Waals surface area contributed by atoms with Gasteiger partial charge in [-0.3, -0.25) is 0 Å². The van der Waals surface area contributed by atoms with E-state index < -0.39 is 10.5 Å². The average molecular weight is 252 g/mol. The second kappa shape index (κ2) is 6.01. The van der Waals surface area contributed by atoms with Crippen LogP contribution in [0.25, 0.3) is 0 Å². The van der Waals surface area contributed by atoms with Gasteiger partial charge in [-0.25, -0.2) is 0 Å². The SMILES string of the molecule is CC(C)COc1cccc(N=S(=O)=O)c1C#N. The van der Waals surface area contributed by atoms with E-state index in [0.717, 1.165) is 0 Å². The molecule has 0 unspecified atom stereocenters. The topological polar surface area (TPSA) is 79.5 Å². The summed E-state index contributed by atoms with van der Waals surface area (Å²) in [6.07, 6.45) is 0. The van der Waals surface area contributed by atoms with E-state index in [1.807, 2.05) is 19.9 Å². The normalized spacial score (nSPS) is 9.76. The van der Waals surface area contributed by atoms with E-state index in [1.165, 1.54) is 6.07 Å². The van der Waals surface area contributed by atoms with Crippen LogP contribution in [0.1, 0.15) is 19.4 Å². The molecular weight excluding hydrogens is 240 g/mol. The van der Waals surface area contributed by atoms with Crippen molar-refractivity contribution in [3.05, 3.63) is 23.8 Å². The molecule has 1 aromatic carbocycles. The highest BCUT2D eigenvalue weighted by molar-refractivity contribution is 7.61. The quantitative estimate of drug-likeness (QED) is 0.823. The first kappa shape index (κ1) is 13.2. The lowest BCUT2D eigenvalue weighted by Gasteiger charge is -2.10. The lowest BCUT2D eigenvalue weighted by atomic mass is 10.2. The Morgan fingerprint density at radius 2 is 2.18 bits per heavy atom. The minimum atomic E-state index is -2.58. The van der Waals surface area contributed by atoms with E-state index in [1.54, 1.807) is 12.1 Å². The van der Waals surface area contributed by atoms with Gasteiger partial charge in [0.05, 0.1) is 6.61 Å². The van der Waals surface area contributed by atoms with Crippen molar-refractivity contribution in [3.8, 4) is 11.8 Å². The molecule has 0 saturated carbocycles. The Bertz CT molecular complexity index is 563. The van der Waals surface area contributed by atoms with E-state index >= 15 is 0 Å². The molecule has 0 spiro atoms. The number of rotatable bonds is 4. The van der Waals surface area contributed by atoms with E-state index in [4.69, 9.17) is 10.00 Å². The molecule has 0 atom stereocenters. The van der Waals surface area contributed by atoms with Gasteiger partial charge < -0.3 is 4.74 Å². The molecule has 0 aliphatic carbocycles. The minimum Gasteiger partial charge on any atom is -0.492 e. The van der Waals surface area contributed by atoms with Gasteiger partial charge in [0.15, 0.2) is 0 Å². The second-order valence-electron chi connectivity index (χ2n) is 3.78. The predicted molar refractivity (Wildman–Crippen MR) is 62.5 cm³/mol. The summed E-state index contributed by atoms with van der Waals surface area (Å²) in [6, 6.07) is 6.57. The molecule has 0 N–H and O–H groups in total. The maximum atomic E-state index is 10.5. The van der Waals surface area contributed by atoms with Crippen molar-refractivity contribution in [1.29, 1.82) is 5.26 Å². The Balaban J connectivity index is 3.16. The van der Waals surface area contributed by atoms with Crippen LogP contribution in [0.2, 0.25) is 0 Å². The molecule has 0 fully saturated rings. The maximum absolute atomic E-state index is 10.5. The zero-order valence-corrected chi connectivity index (χ0v) is 10.4. The van der Waals surface area contributed by atoms with Crippen LogP contribution in [-0.4, -0.2) is 15.0 Å². The molecule has 17 heavy (non-hydrogen) atoms. The van der Waals surface area contributed by atoms with Crippen LogP contribution in [-0.2, 0) is 10.5 Å². The number of nitrogens with zero attached hydrogens (tertiary/aromatic N) is 2. The van der Waals surface area contributed by atoms with Gasteiger partial charge >= 0.3 is 10.5 Å². The zero-order chi connectivity index (χ0) is 12.8.